The van der Waals surface area contributed by atoms with Crippen molar-refractivity contribution in [1.29, 1.82) is 0 Å². The van der Waals surface area contributed by atoms with Crippen LogP contribution in [-0.4, -0.2) is 11.7 Å². The highest BCUT2D eigenvalue weighted by Crippen LogP contribution is 2.35. The third-order valence-electron chi connectivity index (χ3n) is 2.96. The molecule has 0 saturated heterocycles. The zero-order chi connectivity index (χ0) is 12.0. The third kappa shape index (κ3) is 1.42. The number of halogens is 1. The molecule has 3 rings (SSSR count). The van der Waals surface area contributed by atoms with Gasteiger partial charge in [0.1, 0.15) is 5.82 Å². The highest BCUT2D eigenvalue weighted by molar-refractivity contribution is 7.16. The van der Waals surface area contributed by atoms with Gasteiger partial charge in [0.2, 0.25) is 0 Å². The molecule has 2 heterocycles. The van der Waals surface area contributed by atoms with E-state index in [2.05, 4.69) is 0 Å². The fourth-order valence-electron chi connectivity index (χ4n) is 2.26. The molecule has 5 heteroatoms. The van der Waals surface area contributed by atoms with E-state index in [1.54, 1.807) is 24.0 Å². The van der Waals surface area contributed by atoms with Crippen molar-refractivity contribution in [3.63, 3.8) is 0 Å². The smallest absolute Gasteiger partial charge is 0.308 e. The molecular formula is C12H10FNO2S. The van der Waals surface area contributed by atoms with Gasteiger partial charge in [-0.15, -0.1) is 0 Å². The normalized spacial score (nSPS) is 16.7. The van der Waals surface area contributed by atoms with Gasteiger partial charge < -0.3 is 4.74 Å². The lowest BCUT2D eigenvalue weighted by molar-refractivity contribution is 0.338. The van der Waals surface area contributed by atoms with E-state index in [0.717, 1.165) is 21.6 Å². The van der Waals surface area contributed by atoms with Gasteiger partial charge in [-0.1, -0.05) is 11.3 Å². The molecule has 1 aliphatic heterocycles. The minimum absolute atomic E-state index is 0.0247. The summed E-state index contributed by atoms with van der Waals surface area (Å²) < 4.78 is 21.4. The van der Waals surface area contributed by atoms with E-state index >= 15 is 0 Å². The average Bonchev–Trinajstić information content (AvgIpc) is 2.64. The van der Waals surface area contributed by atoms with Crippen LogP contribution in [-0.2, 0) is 11.3 Å². The first-order valence-electron chi connectivity index (χ1n) is 5.26. The summed E-state index contributed by atoms with van der Waals surface area (Å²) in [5.41, 5.74) is 2.02. The van der Waals surface area contributed by atoms with Crippen molar-refractivity contribution in [3.05, 3.63) is 39.4 Å². The van der Waals surface area contributed by atoms with Gasteiger partial charge in [0, 0.05) is 17.7 Å². The fraction of sp³-hybridized carbons (Fsp3) is 0.250. The summed E-state index contributed by atoms with van der Waals surface area (Å²) in [6.45, 7) is 0.588. The van der Waals surface area contributed by atoms with E-state index in [9.17, 15) is 9.18 Å². The summed E-state index contributed by atoms with van der Waals surface area (Å²) >= 11 is 1.16. The Kier molecular flexibility index (Phi) is 2.29. The van der Waals surface area contributed by atoms with E-state index in [1.807, 2.05) is 0 Å². The van der Waals surface area contributed by atoms with Crippen molar-refractivity contribution >= 4 is 27.1 Å². The summed E-state index contributed by atoms with van der Waals surface area (Å²) in [6, 6.07) is 3.07. The summed E-state index contributed by atoms with van der Waals surface area (Å²) in [4.78, 5) is 11.7. The Hall–Kier alpha value is -1.62. The Morgan fingerprint density at radius 3 is 3.12 bits per heavy atom. The van der Waals surface area contributed by atoms with Crippen LogP contribution in [0.1, 0.15) is 12.0 Å². The highest BCUT2D eigenvalue weighted by atomic mass is 32.1. The maximum Gasteiger partial charge on any atom is 0.308 e. The van der Waals surface area contributed by atoms with Crippen LogP contribution in [0.2, 0.25) is 0 Å². The van der Waals surface area contributed by atoms with Crippen LogP contribution in [0.5, 0.6) is 0 Å². The molecule has 0 atom stereocenters. The molecule has 0 radical (unpaired) electrons. The first kappa shape index (κ1) is 10.5. The second-order valence-electron chi connectivity index (χ2n) is 3.92. The van der Waals surface area contributed by atoms with Crippen molar-refractivity contribution in [3.8, 4) is 0 Å². The van der Waals surface area contributed by atoms with E-state index in [4.69, 9.17) is 4.74 Å². The average molecular weight is 251 g/mol. The van der Waals surface area contributed by atoms with Gasteiger partial charge in [0.05, 0.1) is 23.6 Å². The number of methoxy groups -OCH3 is 1. The van der Waals surface area contributed by atoms with Gasteiger partial charge in [-0.3, -0.25) is 9.36 Å². The molecule has 0 amide bonds. The Bertz CT molecular complexity index is 684. The highest BCUT2D eigenvalue weighted by Gasteiger charge is 2.23. The van der Waals surface area contributed by atoms with Crippen LogP contribution < -0.4 is 4.87 Å². The van der Waals surface area contributed by atoms with Gasteiger partial charge >= 0.3 is 4.87 Å². The molecular weight excluding hydrogens is 241 g/mol. The molecule has 0 N–H and O–H groups in total. The molecule has 88 valence electrons. The molecule has 3 nitrogen and oxygen atoms in total. The SMILES string of the molecule is CO/C=C1/CCn2c(=O)sc3ccc(F)c1c32. The Labute approximate surface area is 101 Å². The molecule has 0 bridgehead atoms. The number of allylic oxidation sites excluding steroid dienone is 1. The number of aromatic nitrogens is 1. The monoisotopic (exact) mass is 251 g/mol. The summed E-state index contributed by atoms with van der Waals surface area (Å²) in [5, 5.41) is 0. The van der Waals surface area contributed by atoms with Crippen molar-refractivity contribution in [1.82, 2.24) is 4.57 Å². The lowest BCUT2D eigenvalue weighted by Crippen LogP contribution is -2.18. The van der Waals surface area contributed by atoms with Crippen LogP contribution in [0.15, 0.2) is 23.2 Å². The van der Waals surface area contributed by atoms with Crippen LogP contribution in [0.4, 0.5) is 4.39 Å². The molecule has 1 aromatic heterocycles. The first-order valence-corrected chi connectivity index (χ1v) is 6.08. The molecule has 0 unspecified atom stereocenters. The van der Waals surface area contributed by atoms with E-state index < -0.39 is 0 Å². The number of aryl methyl sites for hydroxylation is 1. The number of ether oxygens (including phenoxy) is 1. The summed E-state index contributed by atoms with van der Waals surface area (Å²) in [7, 11) is 1.54. The molecule has 0 spiro atoms. The van der Waals surface area contributed by atoms with E-state index in [0.29, 0.717) is 24.0 Å². The minimum atomic E-state index is -0.299. The molecule has 0 saturated carbocycles. The summed E-state index contributed by atoms with van der Waals surface area (Å²) in [6.07, 6.45) is 2.18. The second kappa shape index (κ2) is 3.70. The lowest BCUT2D eigenvalue weighted by Gasteiger charge is -2.17. The maximum absolute atomic E-state index is 13.9. The predicted octanol–water partition coefficient (Wildman–Crippen LogP) is 2.59. The molecule has 0 aliphatic carbocycles. The standard InChI is InChI=1S/C12H10FNO2S/c1-16-6-7-4-5-14-11-9(17-12(14)15)3-2-8(13)10(7)11/h2-3,6H,4-5H2,1H3/b7-6-. The number of thiazole rings is 1. The molecule has 1 aliphatic rings. The van der Waals surface area contributed by atoms with Crippen molar-refractivity contribution in [2.24, 2.45) is 0 Å². The maximum atomic E-state index is 13.9. The van der Waals surface area contributed by atoms with Crippen LogP contribution in [0.3, 0.4) is 0 Å². The van der Waals surface area contributed by atoms with Crippen LogP contribution >= 0.6 is 11.3 Å². The third-order valence-corrected chi connectivity index (χ3v) is 3.91. The van der Waals surface area contributed by atoms with Gasteiger partial charge in [-0.2, -0.15) is 0 Å². The van der Waals surface area contributed by atoms with Gasteiger partial charge in [0.15, 0.2) is 0 Å². The largest absolute Gasteiger partial charge is 0.504 e. The second-order valence-corrected chi connectivity index (χ2v) is 4.91. The Morgan fingerprint density at radius 1 is 1.53 bits per heavy atom. The van der Waals surface area contributed by atoms with Gasteiger partial charge in [-0.05, 0) is 18.6 Å². The van der Waals surface area contributed by atoms with Crippen molar-refractivity contribution < 1.29 is 9.13 Å². The van der Waals surface area contributed by atoms with Crippen LogP contribution in [0, 0.1) is 5.82 Å². The molecule has 1 aromatic carbocycles. The van der Waals surface area contributed by atoms with E-state index in [-0.39, 0.29) is 10.7 Å². The number of nitrogens with zero attached hydrogens (tertiary/aromatic N) is 1. The minimum Gasteiger partial charge on any atom is -0.504 e. The summed E-state index contributed by atoms with van der Waals surface area (Å²) in [5.74, 6) is -0.299. The lowest BCUT2D eigenvalue weighted by atomic mass is 9.99. The zero-order valence-electron chi connectivity index (χ0n) is 9.20. The Balaban J connectivity index is 2.46. The quantitative estimate of drug-likeness (QED) is 0.729. The zero-order valence-corrected chi connectivity index (χ0v) is 10.0. The molecule has 17 heavy (non-hydrogen) atoms. The topological polar surface area (TPSA) is 31.2 Å². The van der Waals surface area contributed by atoms with E-state index in [1.165, 1.54) is 6.07 Å². The van der Waals surface area contributed by atoms with Gasteiger partial charge in [-0.25, -0.2) is 4.39 Å². The first-order chi connectivity index (χ1) is 8.22. The Morgan fingerprint density at radius 2 is 2.35 bits per heavy atom. The molecule has 2 aromatic rings. The molecule has 0 fully saturated rings. The van der Waals surface area contributed by atoms with Crippen molar-refractivity contribution in [2.75, 3.05) is 7.11 Å². The number of rotatable bonds is 1. The van der Waals surface area contributed by atoms with Crippen LogP contribution in [0.25, 0.3) is 15.8 Å². The van der Waals surface area contributed by atoms with Crippen molar-refractivity contribution in [2.45, 2.75) is 13.0 Å². The fourth-order valence-corrected chi connectivity index (χ4v) is 3.19. The van der Waals surface area contributed by atoms with Gasteiger partial charge in [0.25, 0.3) is 0 Å². The number of hydrogen-bond donors (Lipinski definition) is 0. The predicted molar refractivity (Wildman–Crippen MR) is 65.6 cm³/mol. The number of benzene rings is 1. The number of hydrogen-bond acceptors (Lipinski definition) is 3.